The predicted octanol–water partition coefficient (Wildman–Crippen LogP) is 14.3. The van der Waals surface area contributed by atoms with Crippen molar-refractivity contribution in [2.45, 2.75) is 252 Å². The first-order chi connectivity index (χ1) is 24.6. The molecular formula is C44H88N2O4. The van der Waals surface area contributed by atoms with E-state index in [1.807, 2.05) is 6.92 Å². The van der Waals surface area contributed by atoms with Crippen LogP contribution in [0, 0.1) is 4.91 Å². The molecule has 0 aromatic carbocycles. The summed E-state index contributed by atoms with van der Waals surface area (Å²) < 4.78 is 12.0. The lowest BCUT2D eigenvalue weighted by Crippen LogP contribution is -2.26. The topological polar surface area (TPSA) is 68.2 Å². The second-order valence-electron chi connectivity index (χ2n) is 15.5. The van der Waals surface area contributed by atoms with E-state index in [0.29, 0.717) is 19.2 Å². The Morgan fingerprint density at radius 2 is 0.920 bits per heavy atom. The summed E-state index contributed by atoms with van der Waals surface area (Å²) in [5.74, 6) is -0.0358. The monoisotopic (exact) mass is 709 g/mol. The highest BCUT2D eigenvalue weighted by Crippen LogP contribution is 2.18. The number of carbonyl (C=O) groups excluding carboxylic acids is 1. The van der Waals surface area contributed by atoms with Gasteiger partial charge in [0.15, 0.2) is 0 Å². The van der Waals surface area contributed by atoms with Crippen LogP contribution in [0.25, 0.3) is 0 Å². The molecule has 0 aromatic heterocycles. The van der Waals surface area contributed by atoms with Crippen LogP contribution >= 0.6 is 0 Å². The Morgan fingerprint density at radius 3 is 1.40 bits per heavy atom. The maximum Gasteiger partial charge on any atom is 0.306 e. The van der Waals surface area contributed by atoms with Gasteiger partial charge in [-0.25, -0.2) is 0 Å². The maximum atomic E-state index is 12.2. The molecule has 298 valence electrons. The first-order valence-electron chi connectivity index (χ1n) is 22.4. The number of carbonyl (C=O) groups is 1. The molecule has 1 unspecified atom stereocenters. The number of nitroso groups, excluding NO2 is 1. The fourth-order valence-electron chi connectivity index (χ4n) is 7.03. The molecule has 1 atom stereocenters. The van der Waals surface area contributed by atoms with E-state index in [0.717, 1.165) is 71.1 Å². The molecule has 0 aliphatic rings. The third kappa shape index (κ3) is 36.8. The highest BCUT2D eigenvalue weighted by molar-refractivity contribution is 5.69. The van der Waals surface area contributed by atoms with Crippen LogP contribution in [-0.4, -0.2) is 49.4 Å². The zero-order valence-corrected chi connectivity index (χ0v) is 34.3. The van der Waals surface area contributed by atoms with Crippen LogP contribution in [-0.2, 0) is 14.3 Å². The van der Waals surface area contributed by atoms with Crippen molar-refractivity contribution in [3.63, 3.8) is 0 Å². The zero-order valence-electron chi connectivity index (χ0n) is 34.3. The molecule has 0 bridgehead atoms. The summed E-state index contributed by atoms with van der Waals surface area (Å²) in [7, 11) is 0. The molecule has 0 heterocycles. The summed E-state index contributed by atoms with van der Waals surface area (Å²) in [5.41, 5.74) is 0. The van der Waals surface area contributed by atoms with Gasteiger partial charge in [0.25, 0.3) is 0 Å². The summed E-state index contributed by atoms with van der Waals surface area (Å²) in [6, 6.07) is 0. The van der Waals surface area contributed by atoms with E-state index in [4.69, 9.17) is 9.47 Å². The largest absolute Gasteiger partial charge is 0.463 e. The molecule has 0 aliphatic heterocycles. The Bertz CT molecular complexity index is 675. The number of hydrogen-bond acceptors (Lipinski definition) is 6. The van der Waals surface area contributed by atoms with Crippen molar-refractivity contribution in [1.29, 1.82) is 0 Å². The van der Waals surface area contributed by atoms with Crippen LogP contribution in [0.5, 0.6) is 0 Å². The van der Waals surface area contributed by atoms with E-state index >= 15 is 0 Å². The van der Waals surface area contributed by atoms with Crippen molar-refractivity contribution >= 4 is 5.97 Å². The maximum absolute atomic E-state index is 12.2. The van der Waals surface area contributed by atoms with E-state index in [9.17, 15) is 9.70 Å². The fourth-order valence-corrected chi connectivity index (χ4v) is 7.03. The van der Waals surface area contributed by atoms with Crippen molar-refractivity contribution < 1.29 is 14.3 Å². The smallest absolute Gasteiger partial charge is 0.306 e. The van der Waals surface area contributed by atoms with Crippen molar-refractivity contribution in [3.8, 4) is 0 Å². The quantitative estimate of drug-likeness (QED) is 0.0359. The Labute approximate surface area is 312 Å². The molecule has 0 rings (SSSR count). The molecule has 0 spiro atoms. The number of hydrogen-bond donors (Lipinski definition) is 0. The van der Waals surface area contributed by atoms with Gasteiger partial charge in [0.1, 0.15) is 6.67 Å². The highest BCUT2D eigenvalue weighted by atomic mass is 16.5. The van der Waals surface area contributed by atoms with Gasteiger partial charge in [0.05, 0.1) is 12.2 Å². The lowest BCUT2D eigenvalue weighted by molar-refractivity contribution is -0.148. The molecule has 0 fully saturated rings. The van der Waals surface area contributed by atoms with Gasteiger partial charge in [-0.05, 0) is 71.4 Å². The van der Waals surface area contributed by atoms with Crippen molar-refractivity contribution in [3.05, 3.63) is 4.91 Å². The van der Waals surface area contributed by atoms with Gasteiger partial charge in [-0.15, -0.1) is 4.91 Å². The second kappa shape index (κ2) is 40.8. The molecule has 6 heteroatoms. The standard InChI is InChI=1S/C44H88N2O4/c1-5-8-11-14-20-27-34-42(4)50-44(47)37-30-23-19-25-32-39-46(41-45-48)38-31-24-17-18-26-33-40-49-43(35-28-21-15-12-9-6-2)36-29-22-16-13-10-7-3/h42-43H,5-41H2,1-4H3. The summed E-state index contributed by atoms with van der Waals surface area (Å²) in [5, 5.41) is 3.19. The van der Waals surface area contributed by atoms with Gasteiger partial charge in [-0.3, -0.25) is 9.69 Å². The van der Waals surface area contributed by atoms with Crippen LogP contribution in [0.15, 0.2) is 5.18 Å². The van der Waals surface area contributed by atoms with Crippen LogP contribution in [0.2, 0.25) is 0 Å². The van der Waals surface area contributed by atoms with Crippen molar-refractivity contribution in [2.24, 2.45) is 5.18 Å². The number of ether oxygens (including phenoxy) is 2. The molecule has 0 aromatic rings. The Hall–Kier alpha value is -1.01. The van der Waals surface area contributed by atoms with Crippen LogP contribution in [0.1, 0.15) is 240 Å². The summed E-state index contributed by atoms with van der Waals surface area (Å²) in [6.07, 6.45) is 41.3. The average Bonchev–Trinajstić information content (AvgIpc) is 3.10. The van der Waals surface area contributed by atoms with E-state index in [1.165, 1.54) is 154 Å². The normalized spacial score (nSPS) is 12.3. The number of esters is 1. The Kier molecular flexibility index (Phi) is 39.9. The van der Waals surface area contributed by atoms with Crippen molar-refractivity contribution in [1.82, 2.24) is 4.90 Å². The summed E-state index contributed by atoms with van der Waals surface area (Å²) in [6.45, 7) is 12.0. The minimum Gasteiger partial charge on any atom is -0.463 e. The predicted molar refractivity (Wildman–Crippen MR) is 217 cm³/mol. The SMILES string of the molecule is CCCCCCCCC(C)OC(=O)CCCCCCCN(CCCCCCCCOC(CCCCCCCC)CCCCCCCC)CN=O. The summed E-state index contributed by atoms with van der Waals surface area (Å²) >= 11 is 0. The van der Waals surface area contributed by atoms with E-state index in [-0.39, 0.29) is 12.1 Å². The lowest BCUT2D eigenvalue weighted by atomic mass is 10.0. The van der Waals surface area contributed by atoms with Crippen LogP contribution in [0.4, 0.5) is 0 Å². The molecule has 6 nitrogen and oxygen atoms in total. The van der Waals surface area contributed by atoms with E-state index in [2.05, 4.69) is 30.8 Å². The van der Waals surface area contributed by atoms with Gasteiger partial charge in [-0.1, -0.05) is 180 Å². The first kappa shape index (κ1) is 49.0. The van der Waals surface area contributed by atoms with Gasteiger partial charge in [-0.2, -0.15) is 0 Å². The minimum atomic E-state index is -0.0358. The van der Waals surface area contributed by atoms with Crippen molar-refractivity contribution in [2.75, 3.05) is 26.4 Å². The van der Waals surface area contributed by atoms with E-state index in [1.54, 1.807) is 0 Å². The van der Waals surface area contributed by atoms with Crippen LogP contribution in [0.3, 0.4) is 0 Å². The minimum absolute atomic E-state index is 0.0358. The molecular weight excluding hydrogens is 620 g/mol. The zero-order chi connectivity index (χ0) is 36.6. The molecule has 0 amide bonds. The number of nitrogens with zero attached hydrogens (tertiary/aromatic N) is 2. The molecule has 0 N–H and O–H groups in total. The van der Waals surface area contributed by atoms with Gasteiger partial charge >= 0.3 is 5.97 Å². The Balaban J connectivity index is 3.89. The van der Waals surface area contributed by atoms with Gasteiger partial charge in [0, 0.05) is 13.0 Å². The molecule has 0 saturated carbocycles. The van der Waals surface area contributed by atoms with Gasteiger partial charge < -0.3 is 9.47 Å². The van der Waals surface area contributed by atoms with E-state index < -0.39 is 0 Å². The Morgan fingerprint density at radius 1 is 0.520 bits per heavy atom. The third-order valence-corrected chi connectivity index (χ3v) is 10.4. The number of rotatable bonds is 42. The lowest BCUT2D eigenvalue weighted by Gasteiger charge is -2.19. The average molecular weight is 709 g/mol. The van der Waals surface area contributed by atoms with Crippen LogP contribution < -0.4 is 0 Å². The highest BCUT2D eigenvalue weighted by Gasteiger charge is 2.11. The molecule has 0 aliphatic carbocycles. The van der Waals surface area contributed by atoms with Gasteiger partial charge in [0.2, 0.25) is 0 Å². The first-order valence-corrected chi connectivity index (χ1v) is 22.4. The molecule has 50 heavy (non-hydrogen) atoms. The molecule has 0 saturated heterocycles. The molecule has 0 radical (unpaired) electrons. The number of unbranched alkanes of at least 4 members (excludes halogenated alkanes) is 24. The summed E-state index contributed by atoms with van der Waals surface area (Å²) in [4.78, 5) is 25.4. The third-order valence-electron chi connectivity index (χ3n) is 10.4. The second-order valence-corrected chi connectivity index (χ2v) is 15.5. The fraction of sp³-hybridized carbons (Fsp3) is 0.977.